The zero-order valence-electron chi connectivity index (χ0n) is 14.2. The average Bonchev–Trinajstić information content (AvgIpc) is 2.38. The van der Waals surface area contributed by atoms with Gasteiger partial charge in [0.15, 0.2) is 0 Å². The lowest BCUT2D eigenvalue weighted by atomic mass is 10.2. The lowest BCUT2D eigenvalue weighted by molar-refractivity contribution is -0.138. The molecule has 0 fully saturated rings. The summed E-state index contributed by atoms with van der Waals surface area (Å²) >= 11 is 0. The highest BCUT2D eigenvalue weighted by Crippen LogP contribution is 2.24. The summed E-state index contributed by atoms with van der Waals surface area (Å²) in [6.45, 7) is 6.82. The molecule has 0 aliphatic carbocycles. The second-order valence-corrected chi connectivity index (χ2v) is 5.64. The second kappa shape index (κ2) is 9.85. The Morgan fingerprint density at radius 1 is 1.21 bits per heavy atom. The summed E-state index contributed by atoms with van der Waals surface area (Å²) in [7, 11) is 0. The Balaban J connectivity index is 4.42. The van der Waals surface area contributed by atoms with Crippen LogP contribution in [0.5, 0.6) is 0 Å². The Labute approximate surface area is 139 Å². The third-order valence-corrected chi connectivity index (χ3v) is 2.22. The minimum Gasteiger partial charge on any atom is -0.463 e. The maximum Gasteiger partial charge on any atom is 0.424 e. The molecule has 1 amide bonds. The molecule has 0 aliphatic heterocycles. The molecule has 0 rings (SSSR count). The van der Waals surface area contributed by atoms with E-state index in [4.69, 9.17) is 4.74 Å². The smallest absolute Gasteiger partial charge is 0.424 e. The Hall–Kier alpha value is -2.17. The van der Waals surface area contributed by atoms with Crippen molar-refractivity contribution >= 4 is 12.1 Å². The van der Waals surface area contributed by atoms with Crippen molar-refractivity contribution in [2.75, 3.05) is 13.2 Å². The molecule has 0 bridgehead atoms. The Morgan fingerprint density at radius 2 is 1.83 bits per heavy atom. The maximum atomic E-state index is 12.7. The number of hydrogen-bond donors (Lipinski definition) is 1. The van der Waals surface area contributed by atoms with E-state index in [1.165, 1.54) is 6.92 Å². The lowest BCUT2D eigenvalue weighted by Crippen LogP contribution is -2.32. The van der Waals surface area contributed by atoms with Crippen LogP contribution in [0.1, 0.15) is 40.5 Å². The van der Waals surface area contributed by atoms with E-state index >= 15 is 0 Å². The third-order valence-electron chi connectivity index (χ3n) is 2.22. The predicted octanol–water partition coefficient (Wildman–Crippen LogP) is 3.35. The SMILES string of the molecule is CCOC(=O)/C=C(/C#CCCCNC(=O)OC(C)(C)C)C(F)(F)F. The first-order chi connectivity index (χ1) is 11.0. The number of carbonyl (C=O) groups excluding carboxylic acids is 2. The molecular formula is C16H22F3NO4. The normalized spacial score (nSPS) is 12.0. The van der Waals surface area contributed by atoms with Gasteiger partial charge in [0.25, 0.3) is 0 Å². The van der Waals surface area contributed by atoms with Gasteiger partial charge in [-0.1, -0.05) is 11.8 Å². The number of nitrogens with one attached hydrogen (secondary N) is 1. The Kier molecular flexibility index (Phi) is 8.96. The summed E-state index contributed by atoms with van der Waals surface area (Å²) in [5.74, 6) is 3.15. The fourth-order valence-corrected chi connectivity index (χ4v) is 1.33. The Bertz CT molecular complexity index is 522. The van der Waals surface area contributed by atoms with E-state index in [2.05, 4.69) is 16.0 Å². The van der Waals surface area contributed by atoms with Crippen LogP contribution < -0.4 is 5.32 Å². The number of hydrogen-bond acceptors (Lipinski definition) is 4. The molecule has 0 aromatic heterocycles. The van der Waals surface area contributed by atoms with Crippen LogP contribution in [-0.2, 0) is 14.3 Å². The zero-order chi connectivity index (χ0) is 18.8. The number of allylic oxidation sites excluding steroid dienone is 1. The van der Waals surface area contributed by atoms with Crippen LogP contribution in [0.3, 0.4) is 0 Å². The fourth-order valence-electron chi connectivity index (χ4n) is 1.33. The summed E-state index contributed by atoms with van der Waals surface area (Å²) in [5, 5.41) is 2.47. The average molecular weight is 349 g/mol. The number of unbranched alkanes of at least 4 members (excludes halogenated alkanes) is 1. The summed E-state index contributed by atoms with van der Waals surface area (Å²) in [4.78, 5) is 22.4. The molecular weight excluding hydrogens is 327 g/mol. The predicted molar refractivity (Wildman–Crippen MR) is 82.0 cm³/mol. The molecule has 8 heteroatoms. The molecule has 0 saturated heterocycles. The van der Waals surface area contributed by atoms with E-state index in [-0.39, 0.29) is 19.6 Å². The van der Waals surface area contributed by atoms with E-state index in [1.54, 1.807) is 20.8 Å². The topological polar surface area (TPSA) is 64.6 Å². The molecule has 1 N–H and O–H groups in total. The minimum atomic E-state index is -4.73. The van der Waals surface area contributed by atoms with Gasteiger partial charge >= 0.3 is 18.2 Å². The fraction of sp³-hybridized carbons (Fsp3) is 0.625. The van der Waals surface area contributed by atoms with Gasteiger partial charge in [0, 0.05) is 19.0 Å². The highest BCUT2D eigenvalue weighted by Gasteiger charge is 2.33. The van der Waals surface area contributed by atoms with Crippen LogP contribution in [0.15, 0.2) is 11.6 Å². The van der Waals surface area contributed by atoms with Crippen molar-refractivity contribution in [1.82, 2.24) is 5.32 Å². The zero-order valence-corrected chi connectivity index (χ0v) is 14.2. The quantitative estimate of drug-likeness (QED) is 0.358. The monoisotopic (exact) mass is 349 g/mol. The highest BCUT2D eigenvalue weighted by atomic mass is 19.4. The minimum absolute atomic E-state index is 0.0236. The molecule has 24 heavy (non-hydrogen) atoms. The van der Waals surface area contributed by atoms with Gasteiger partial charge < -0.3 is 14.8 Å². The standard InChI is InChI=1S/C16H22F3NO4/c1-5-23-13(21)11-12(16(17,18)19)9-7-6-8-10-20-14(22)24-15(2,3)4/h11H,5-6,8,10H2,1-4H3,(H,20,22)/b12-11-. The molecule has 0 saturated carbocycles. The molecule has 5 nitrogen and oxygen atoms in total. The van der Waals surface area contributed by atoms with Crippen LogP contribution in [0.4, 0.5) is 18.0 Å². The van der Waals surface area contributed by atoms with Gasteiger partial charge in [-0.3, -0.25) is 0 Å². The van der Waals surface area contributed by atoms with Crippen LogP contribution in [0.2, 0.25) is 0 Å². The molecule has 0 unspecified atom stereocenters. The van der Waals surface area contributed by atoms with Gasteiger partial charge in [-0.15, -0.1) is 0 Å². The summed E-state index contributed by atoms with van der Waals surface area (Å²) in [6, 6.07) is 0. The molecule has 0 spiro atoms. The number of alkyl carbamates (subject to hydrolysis) is 1. The first-order valence-corrected chi connectivity index (χ1v) is 7.37. The molecule has 0 atom stereocenters. The van der Waals surface area contributed by atoms with Crippen molar-refractivity contribution in [3.8, 4) is 11.8 Å². The third kappa shape index (κ3) is 11.4. The molecule has 0 aromatic carbocycles. The number of carbonyl (C=O) groups is 2. The van der Waals surface area contributed by atoms with E-state index in [0.29, 0.717) is 12.5 Å². The Morgan fingerprint density at radius 3 is 2.33 bits per heavy atom. The number of ether oxygens (including phenoxy) is 2. The molecule has 0 aromatic rings. The summed E-state index contributed by atoms with van der Waals surface area (Å²) in [6.07, 6.45) is -4.54. The summed E-state index contributed by atoms with van der Waals surface area (Å²) < 4.78 is 47.6. The number of alkyl halides is 3. The van der Waals surface area contributed by atoms with Crippen molar-refractivity contribution in [3.63, 3.8) is 0 Å². The van der Waals surface area contributed by atoms with Crippen LogP contribution in [0, 0.1) is 11.8 Å². The van der Waals surface area contributed by atoms with Crippen molar-refractivity contribution in [2.24, 2.45) is 0 Å². The summed E-state index contributed by atoms with van der Waals surface area (Å²) in [5.41, 5.74) is -1.88. The number of halogens is 3. The van der Waals surface area contributed by atoms with Gasteiger partial charge in [0.1, 0.15) is 11.2 Å². The van der Waals surface area contributed by atoms with Crippen LogP contribution in [-0.4, -0.2) is 37.0 Å². The number of esters is 1. The van der Waals surface area contributed by atoms with E-state index in [0.717, 1.165) is 0 Å². The molecule has 0 radical (unpaired) electrons. The largest absolute Gasteiger partial charge is 0.463 e. The van der Waals surface area contributed by atoms with E-state index < -0.39 is 29.4 Å². The van der Waals surface area contributed by atoms with E-state index in [9.17, 15) is 22.8 Å². The van der Waals surface area contributed by atoms with Crippen molar-refractivity contribution in [1.29, 1.82) is 0 Å². The first-order valence-electron chi connectivity index (χ1n) is 7.37. The van der Waals surface area contributed by atoms with Crippen LogP contribution >= 0.6 is 0 Å². The van der Waals surface area contributed by atoms with Crippen molar-refractivity contribution < 1.29 is 32.2 Å². The maximum absolute atomic E-state index is 12.7. The van der Waals surface area contributed by atoms with Gasteiger partial charge in [0.2, 0.25) is 0 Å². The van der Waals surface area contributed by atoms with Crippen molar-refractivity contribution in [3.05, 3.63) is 11.6 Å². The number of amides is 1. The molecule has 136 valence electrons. The van der Waals surface area contributed by atoms with Crippen molar-refractivity contribution in [2.45, 2.75) is 52.3 Å². The van der Waals surface area contributed by atoms with Gasteiger partial charge in [0.05, 0.1) is 6.61 Å². The van der Waals surface area contributed by atoms with Gasteiger partial charge in [-0.2, -0.15) is 13.2 Å². The highest BCUT2D eigenvalue weighted by molar-refractivity contribution is 5.84. The number of rotatable bonds is 5. The molecule has 0 aliphatic rings. The second-order valence-electron chi connectivity index (χ2n) is 5.64. The van der Waals surface area contributed by atoms with E-state index in [1.807, 2.05) is 5.92 Å². The van der Waals surface area contributed by atoms with Crippen LogP contribution in [0.25, 0.3) is 0 Å². The lowest BCUT2D eigenvalue weighted by Gasteiger charge is -2.19. The molecule has 0 heterocycles. The first kappa shape index (κ1) is 21.8. The van der Waals surface area contributed by atoms with Gasteiger partial charge in [-0.25, -0.2) is 9.59 Å². The van der Waals surface area contributed by atoms with Gasteiger partial charge in [-0.05, 0) is 34.1 Å².